The van der Waals surface area contributed by atoms with Gasteiger partial charge in [0, 0.05) is 25.3 Å². The van der Waals surface area contributed by atoms with Crippen LogP contribution in [0.2, 0.25) is 0 Å². The summed E-state index contributed by atoms with van der Waals surface area (Å²) in [5.74, 6) is 0.169. The third-order valence-corrected chi connectivity index (χ3v) is 8.40. The number of benzene rings is 1. The Morgan fingerprint density at radius 1 is 1.13 bits per heavy atom. The van der Waals surface area contributed by atoms with Crippen LogP contribution < -0.4 is 4.90 Å². The summed E-state index contributed by atoms with van der Waals surface area (Å²) in [6, 6.07) is 5.13. The molecule has 168 valence electrons. The van der Waals surface area contributed by atoms with E-state index in [1.54, 1.807) is 32.1 Å². The molecule has 1 saturated heterocycles. The first-order chi connectivity index (χ1) is 14.7. The van der Waals surface area contributed by atoms with Gasteiger partial charge in [0.1, 0.15) is 0 Å². The fraction of sp³-hybridized carbons (Fsp3) is 0.600. The van der Waals surface area contributed by atoms with E-state index in [9.17, 15) is 13.2 Å². The van der Waals surface area contributed by atoms with Crippen LogP contribution in [0.25, 0.3) is 0 Å². The van der Waals surface area contributed by atoms with Crippen molar-refractivity contribution < 1.29 is 13.2 Å². The summed E-state index contributed by atoms with van der Waals surface area (Å²) < 4.78 is 29.2. The number of piperidine rings is 1. The molecule has 0 N–H and O–H groups in total. The van der Waals surface area contributed by atoms with E-state index in [0.717, 1.165) is 30.5 Å². The molecule has 2 aliphatic rings. The molecule has 1 aromatic carbocycles. The van der Waals surface area contributed by atoms with Gasteiger partial charge in [-0.3, -0.25) is 4.79 Å². The molecule has 2 aliphatic heterocycles. The standard InChI is InChI=1S/C20H28N6O3S2/c1-20(2,3)26-19(21-22-23-26)30-14-18(27)25-12-9-15-13-16(7-8-17(15)25)31(28,29)24-10-5-4-6-11-24/h7-8,13H,4-6,9-12,14H2,1-3H3. The second-order valence-electron chi connectivity index (χ2n) is 8.88. The van der Waals surface area contributed by atoms with Gasteiger partial charge < -0.3 is 4.90 Å². The monoisotopic (exact) mass is 464 g/mol. The number of hydrogen-bond acceptors (Lipinski definition) is 7. The number of amides is 1. The van der Waals surface area contributed by atoms with Gasteiger partial charge in [-0.25, -0.2) is 13.1 Å². The normalized spacial score (nSPS) is 17.7. The van der Waals surface area contributed by atoms with Gasteiger partial charge in [-0.1, -0.05) is 18.2 Å². The topological polar surface area (TPSA) is 101 Å². The first-order valence-corrected chi connectivity index (χ1v) is 13.0. The number of tetrazole rings is 1. The molecule has 4 rings (SSSR count). The predicted octanol–water partition coefficient (Wildman–Crippen LogP) is 2.28. The van der Waals surface area contributed by atoms with Gasteiger partial charge >= 0.3 is 0 Å². The molecule has 0 unspecified atom stereocenters. The molecule has 0 atom stereocenters. The number of carbonyl (C=O) groups is 1. The maximum absolute atomic E-state index is 13.0. The Morgan fingerprint density at radius 3 is 2.58 bits per heavy atom. The second-order valence-corrected chi connectivity index (χ2v) is 11.8. The number of carbonyl (C=O) groups excluding carboxylic acids is 1. The lowest BCUT2D eigenvalue weighted by Crippen LogP contribution is -2.35. The Morgan fingerprint density at radius 2 is 1.87 bits per heavy atom. The van der Waals surface area contributed by atoms with E-state index in [2.05, 4.69) is 15.5 Å². The lowest BCUT2D eigenvalue weighted by atomic mass is 10.1. The number of thioether (sulfide) groups is 1. The molecular weight excluding hydrogens is 436 g/mol. The van der Waals surface area contributed by atoms with E-state index in [4.69, 9.17) is 0 Å². The molecule has 9 nitrogen and oxygen atoms in total. The fourth-order valence-corrected chi connectivity index (χ4v) is 6.45. The average molecular weight is 465 g/mol. The van der Waals surface area contributed by atoms with Gasteiger partial charge in [-0.2, -0.15) is 4.31 Å². The van der Waals surface area contributed by atoms with Crippen LogP contribution >= 0.6 is 11.8 Å². The van der Waals surface area contributed by atoms with Crippen LogP contribution in [-0.2, 0) is 26.8 Å². The van der Waals surface area contributed by atoms with Gasteiger partial charge in [-0.15, -0.1) is 5.10 Å². The van der Waals surface area contributed by atoms with Crippen LogP contribution in [0, 0.1) is 0 Å². The zero-order valence-electron chi connectivity index (χ0n) is 18.1. The smallest absolute Gasteiger partial charge is 0.243 e. The van der Waals surface area contributed by atoms with Crippen LogP contribution in [0.15, 0.2) is 28.3 Å². The molecule has 3 heterocycles. The van der Waals surface area contributed by atoms with Gasteiger partial charge in [0.2, 0.25) is 21.1 Å². The number of nitrogens with zero attached hydrogens (tertiary/aromatic N) is 6. The van der Waals surface area contributed by atoms with Crippen molar-refractivity contribution in [2.45, 2.75) is 62.0 Å². The molecule has 0 spiro atoms. The molecule has 31 heavy (non-hydrogen) atoms. The van der Waals surface area contributed by atoms with E-state index in [0.29, 0.717) is 36.1 Å². The van der Waals surface area contributed by atoms with Crippen molar-refractivity contribution in [1.82, 2.24) is 24.5 Å². The summed E-state index contributed by atoms with van der Waals surface area (Å²) in [5.41, 5.74) is 1.42. The molecule has 2 aromatic rings. The summed E-state index contributed by atoms with van der Waals surface area (Å²) >= 11 is 1.31. The van der Waals surface area contributed by atoms with Crippen LogP contribution in [0.5, 0.6) is 0 Å². The Labute approximate surface area is 187 Å². The molecule has 0 bridgehead atoms. The van der Waals surface area contributed by atoms with Gasteiger partial charge in [0.25, 0.3) is 0 Å². The molecule has 1 amide bonds. The quantitative estimate of drug-likeness (QED) is 0.626. The van der Waals surface area contributed by atoms with Crippen molar-refractivity contribution in [3.05, 3.63) is 23.8 Å². The first kappa shape index (κ1) is 22.2. The molecule has 1 aromatic heterocycles. The average Bonchev–Trinajstić information content (AvgIpc) is 3.39. The summed E-state index contributed by atoms with van der Waals surface area (Å²) in [6.45, 7) is 7.71. The Kier molecular flexibility index (Phi) is 6.10. The summed E-state index contributed by atoms with van der Waals surface area (Å²) in [5, 5.41) is 12.4. The third-order valence-electron chi connectivity index (χ3n) is 5.60. The highest BCUT2D eigenvalue weighted by Crippen LogP contribution is 2.32. The van der Waals surface area contributed by atoms with Crippen LogP contribution in [0.4, 0.5) is 5.69 Å². The number of sulfonamides is 1. The largest absolute Gasteiger partial charge is 0.311 e. The summed E-state index contributed by atoms with van der Waals surface area (Å²) in [7, 11) is -3.48. The highest BCUT2D eigenvalue weighted by Gasteiger charge is 2.30. The Balaban J connectivity index is 1.47. The number of fused-ring (bicyclic) bond motifs is 1. The highest BCUT2D eigenvalue weighted by molar-refractivity contribution is 7.99. The van der Waals surface area contributed by atoms with Crippen molar-refractivity contribution >= 4 is 33.4 Å². The molecule has 0 saturated carbocycles. The van der Waals surface area contributed by atoms with Crippen molar-refractivity contribution in [1.29, 1.82) is 0 Å². The van der Waals surface area contributed by atoms with Crippen LogP contribution in [-0.4, -0.2) is 64.2 Å². The summed E-state index contributed by atoms with van der Waals surface area (Å²) in [6.07, 6.45) is 3.54. The number of hydrogen-bond donors (Lipinski definition) is 0. The molecule has 11 heteroatoms. The van der Waals surface area contributed by atoms with Crippen molar-refractivity contribution in [2.75, 3.05) is 30.3 Å². The van der Waals surface area contributed by atoms with Crippen molar-refractivity contribution in [2.24, 2.45) is 0 Å². The van der Waals surface area contributed by atoms with Crippen LogP contribution in [0.1, 0.15) is 45.6 Å². The molecule has 1 fully saturated rings. The lowest BCUT2D eigenvalue weighted by Gasteiger charge is -2.26. The minimum absolute atomic E-state index is 0.0427. The van der Waals surface area contributed by atoms with E-state index in [-0.39, 0.29) is 17.2 Å². The van der Waals surface area contributed by atoms with Gasteiger partial charge in [0.15, 0.2) is 0 Å². The molecular formula is C20H28N6O3S2. The Hall–Kier alpha value is -1.98. The fourth-order valence-electron chi connectivity index (χ4n) is 3.95. The number of rotatable bonds is 5. The summed E-state index contributed by atoms with van der Waals surface area (Å²) in [4.78, 5) is 14.9. The van der Waals surface area contributed by atoms with Crippen LogP contribution in [0.3, 0.4) is 0 Å². The Bertz CT molecular complexity index is 1070. The maximum Gasteiger partial charge on any atom is 0.243 e. The predicted molar refractivity (Wildman–Crippen MR) is 119 cm³/mol. The van der Waals surface area contributed by atoms with Gasteiger partial charge in [-0.05, 0) is 74.2 Å². The molecule has 0 radical (unpaired) electrons. The maximum atomic E-state index is 13.0. The zero-order valence-corrected chi connectivity index (χ0v) is 19.7. The van der Waals surface area contributed by atoms with E-state index >= 15 is 0 Å². The second kappa shape index (κ2) is 8.51. The van der Waals surface area contributed by atoms with E-state index in [1.807, 2.05) is 20.8 Å². The van der Waals surface area contributed by atoms with E-state index < -0.39 is 10.0 Å². The SMILES string of the molecule is CC(C)(C)n1nnnc1SCC(=O)N1CCc2cc(S(=O)(=O)N3CCCCC3)ccc21. The minimum atomic E-state index is -3.48. The number of anilines is 1. The van der Waals surface area contributed by atoms with E-state index in [1.165, 1.54) is 11.8 Å². The number of aromatic nitrogens is 4. The zero-order chi connectivity index (χ0) is 22.2. The van der Waals surface area contributed by atoms with Gasteiger partial charge in [0.05, 0.1) is 16.2 Å². The van der Waals surface area contributed by atoms with Crippen molar-refractivity contribution in [3.63, 3.8) is 0 Å². The lowest BCUT2D eigenvalue weighted by molar-refractivity contribution is -0.116. The molecule has 0 aliphatic carbocycles. The highest BCUT2D eigenvalue weighted by atomic mass is 32.2. The minimum Gasteiger partial charge on any atom is -0.311 e. The third kappa shape index (κ3) is 4.49. The van der Waals surface area contributed by atoms with Crippen molar-refractivity contribution in [3.8, 4) is 0 Å². The first-order valence-electron chi connectivity index (χ1n) is 10.5.